The summed E-state index contributed by atoms with van der Waals surface area (Å²) >= 11 is 0. The van der Waals surface area contributed by atoms with E-state index in [0.717, 1.165) is 23.5 Å². The van der Waals surface area contributed by atoms with E-state index < -0.39 is 15.6 Å². The minimum Gasteiger partial charge on any atom is -0.741 e. The Morgan fingerprint density at radius 2 is 1.23 bits per heavy atom. The summed E-state index contributed by atoms with van der Waals surface area (Å²) in [7, 11) is -6.09. The lowest BCUT2D eigenvalue weighted by molar-refractivity contribution is -0.0517. The molecule has 5 rings (SSSR count). The van der Waals surface area contributed by atoms with Gasteiger partial charge in [0.1, 0.15) is 0 Å². The van der Waals surface area contributed by atoms with Crippen LogP contribution in [0.1, 0.15) is 16.9 Å². The zero-order valence-corrected chi connectivity index (χ0v) is 19.0. The lowest BCUT2D eigenvalue weighted by atomic mass is 10.0. The molecule has 0 radical (unpaired) electrons. The number of allylic oxidation sites excluding steroid dienone is 1. The van der Waals surface area contributed by atoms with Crippen LogP contribution in [0.25, 0.3) is 34.1 Å². The number of hydrogen-bond donors (Lipinski definition) is 0. The molecule has 4 aromatic rings. The molecule has 1 heterocycles. The third kappa shape index (κ3) is 5.85. The van der Waals surface area contributed by atoms with Gasteiger partial charge in [0.05, 0.1) is 23.3 Å². The predicted molar refractivity (Wildman–Crippen MR) is 128 cm³/mol. The van der Waals surface area contributed by atoms with Crippen LogP contribution in [0.15, 0.2) is 101 Å². The molecule has 0 spiro atoms. The molecule has 1 aromatic heterocycles. The molecule has 0 fully saturated rings. The molecule has 0 unspecified atom stereocenters. The maximum Gasteiger partial charge on any atom is 0.485 e. The smallest absolute Gasteiger partial charge is 0.485 e. The number of rotatable bonds is 3. The van der Waals surface area contributed by atoms with Crippen molar-refractivity contribution in [3.63, 3.8) is 0 Å². The fourth-order valence-electron chi connectivity index (χ4n) is 3.64. The number of hydrogen-bond acceptors (Lipinski definition) is 3. The molecule has 0 saturated carbocycles. The van der Waals surface area contributed by atoms with Gasteiger partial charge in [0.15, 0.2) is 10.1 Å². The van der Waals surface area contributed by atoms with E-state index in [9.17, 15) is 13.2 Å². The molecule has 0 amide bonds. The predicted octanol–water partition coefficient (Wildman–Crippen LogP) is 7.04. The van der Waals surface area contributed by atoms with Crippen molar-refractivity contribution in [2.45, 2.75) is 11.9 Å². The number of halogens is 3. The van der Waals surface area contributed by atoms with Crippen LogP contribution in [0.5, 0.6) is 0 Å². The van der Waals surface area contributed by atoms with Gasteiger partial charge in [-0.25, -0.2) is 12.8 Å². The summed E-state index contributed by atoms with van der Waals surface area (Å²) in [6.07, 6.45) is 3.16. The third-order valence-corrected chi connectivity index (χ3v) is 5.89. The van der Waals surface area contributed by atoms with Crippen molar-refractivity contribution in [2.24, 2.45) is 0 Å². The standard InChI is InChI=1S/C26H19O.CHF3O3S/c1-3-9-19(10-4-1)23-17-25(20-11-5-2-6-12-20)27-26(18-23)24-15-21-13-7-8-14-22(21)16-24;2-1(3,4)8(5,6)7/h1-15,17-18H,16H2;(H,5,6,7)/q+1;/p-1. The van der Waals surface area contributed by atoms with Gasteiger partial charge in [-0.2, -0.15) is 13.2 Å². The van der Waals surface area contributed by atoms with Crippen LogP contribution in [0.2, 0.25) is 0 Å². The zero-order valence-electron chi connectivity index (χ0n) is 18.2. The molecule has 4 nitrogen and oxygen atoms in total. The van der Waals surface area contributed by atoms with Gasteiger partial charge in [-0.1, -0.05) is 72.8 Å². The maximum absolute atomic E-state index is 10.7. The summed E-state index contributed by atoms with van der Waals surface area (Å²) in [5, 5.41) is 0. The van der Waals surface area contributed by atoms with E-state index in [1.807, 2.05) is 24.3 Å². The van der Waals surface area contributed by atoms with E-state index in [0.29, 0.717) is 0 Å². The minimum atomic E-state index is -6.09. The van der Waals surface area contributed by atoms with Crippen molar-refractivity contribution in [2.75, 3.05) is 0 Å². The lowest BCUT2D eigenvalue weighted by Gasteiger charge is -2.08. The Kier molecular flexibility index (Phi) is 6.86. The number of fused-ring (bicyclic) bond motifs is 1. The van der Waals surface area contributed by atoms with Crippen LogP contribution in [0.3, 0.4) is 0 Å². The Hall–Kier alpha value is -3.75. The molecule has 1 aliphatic carbocycles. The van der Waals surface area contributed by atoms with Gasteiger partial charge in [0, 0.05) is 12.0 Å². The van der Waals surface area contributed by atoms with Crippen LogP contribution in [0.4, 0.5) is 13.2 Å². The van der Waals surface area contributed by atoms with E-state index in [1.54, 1.807) is 0 Å². The van der Waals surface area contributed by atoms with E-state index >= 15 is 0 Å². The van der Waals surface area contributed by atoms with Crippen molar-refractivity contribution in [3.05, 3.63) is 114 Å². The van der Waals surface area contributed by atoms with Crippen LogP contribution in [0, 0.1) is 0 Å². The molecular weight excluding hydrogens is 477 g/mol. The number of benzene rings is 3. The fourth-order valence-corrected chi connectivity index (χ4v) is 3.64. The van der Waals surface area contributed by atoms with Crippen molar-refractivity contribution in [3.8, 4) is 22.5 Å². The SMILES string of the molecule is C1=C(c2cc(-c3ccccc3)cc(-c3ccccc3)[o+]2)Cc2ccccc21.O=S(=O)([O-])C(F)(F)F. The normalized spacial score (nSPS) is 12.9. The van der Waals surface area contributed by atoms with E-state index in [4.69, 9.17) is 17.4 Å². The second-order valence-electron chi connectivity index (χ2n) is 7.75. The average molecular weight is 497 g/mol. The van der Waals surface area contributed by atoms with E-state index in [1.165, 1.54) is 27.8 Å². The third-order valence-electron chi connectivity index (χ3n) is 5.32. The Labute approximate surface area is 200 Å². The van der Waals surface area contributed by atoms with Gasteiger partial charge in [-0.3, -0.25) is 0 Å². The van der Waals surface area contributed by atoms with E-state index in [2.05, 4.69) is 78.9 Å². The Morgan fingerprint density at radius 3 is 1.80 bits per heavy atom. The first-order valence-corrected chi connectivity index (χ1v) is 11.9. The molecule has 0 aliphatic heterocycles. The summed E-state index contributed by atoms with van der Waals surface area (Å²) < 4.78 is 65.3. The van der Waals surface area contributed by atoms with Crippen molar-refractivity contribution in [1.29, 1.82) is 0 Å². The first-order chi connectivity index (χ1) is 16.6. The summed E-state index contributed by atoms with van der Waals surface area (Å²) in [5.41, 5.74) is 1.69. The topological polar surface area (TPSA) is 68.5 Å². The monoisotopic (exact) mass is 496 g/mol. The molecule has 0 bridgehead atoms. The molecule has 35 heavy (non-hydrogen) atoms. The van der Waals surface area contributed by atoms with Crippen molar-refractivity contribution in [1.82, 2.24) is 0 Å². The number of alkyl halides is 3. The van der Waals surface area contributed by atoms with Crippen molar-refractivity contribution >= 4 is 21.8 Å². The lowest BCUT2D eigenvalue weighted by Crippen LogP contribution is -2.21. The summed E-state index contributed by atoms with van der Waals surface area (Å²) in [6, 6.07) is 33.6. The molecular formula is C27H19F3O4S. The first-order valence-electron chi connectivity index (χ1n) is 10.5. The molecule has 0 atom stereocenters. The molecule has 0 N–H and O–H groups in total. The largest absolute Gasteiger partial charge is 0.741 e. The quantitative estimate of drug-likeness (QED) is 0.173. The molecule has 0 saturated heterocycles. The van der Waals surface area contributed by atoms with Gasteiger partial charge < -0.3 is 4.55 Å². The van der Waals surface area contributed by atoms with Crippen molar-refractivity contribution < 1.29 is 30.6 Å². The maximum atomic E-state index is 10.7. The summed E-state index contributed by atoms with van der Waals surface area (Å²) in [6.45, 7) is 0. The van der Waals surface area contributed by atoms with Gasteiger partial charge in [0.25, 0.3) is 0 Å². The minimum absolute atomic E-state index is 0.892. The second kappa shape index (κ2) is 9.85. The van der Waals surface area contributed by atoms with Gasteiger partial charge >= 0.3 is 17.0 Å². The van der Waals surface area contributed by atoms with Crippen LogP contribution in [-0.2, 0) is 16.5 Å². The Balaban J connectivity index is 0.000000314. The van der Waals surface area contributed by atoms with Crippen LogP contribution < -0.4 is 0 Å². The summed E-state index contributed by atoms with van der Waals surface area (Å²) in [5.74, 6) is 1.83. The van der Waals surface area contributed by atoms with Gasteiger partial charge in [-0.15, -0.1) is 0 Å². The highest BCUT2D eigenvalue weighted by Crippen LogP contribution is 2.36. The molecule has 1 aliphatic rings. The molecule has 178 valence electrons. The molecule has 8 heteroatoms. The van der Waals surface area contributed by atoms with E-state index in [-0.39, 0.29) is 0 Å². The highest BCUT2D eigenvalue weighted by atomic mass is 32.2. The zero-order chi connectivity index (χ0) is 25.1. The second-order valence-corrected chi connectivity index (χ2v) is 9.12. The Morgan fingerprint density at radius 1 is 0.714 bits per heavy atom. The fraction of sp³-hybridized carbons (Fsp3) is 0.0741. The van der Waals surface area contributed by atoms with Gasteiger partial charge in [-0.05, 0) is 34.9 Å². The van der Waals surface area contributed by atoms with Crippen LogP contribution >= 0.6 is 0 Å². The highest BCUT2D eigenvalue weighted by Gasteiger charge is 2.37. The van der Waals surface area contributed by atoms with Gasteiger partial charge in [0.2, 0.25) is 0 Å². The highest BCUT2D eigenvalue weighted by molar-refractivity contribution is 7.86. The average Bonchev–Trinajstić information content (AvgIpc) is 3.29. The summed E-state index contributed by atoms with van der Waals surface area (Å²) in [4.78, 5) is 0. The molecule has 3 aromatic carbocycles. The first kappa shape index (κ1) is 24.4. The van der Waals surface area contributed by atoms with Crippen LogP contribution in [-0.4, -0.2) is 18.5 Å². The Bertz CT molecular complexity index is 1410.